The van der Waals surface area contributed by atoms with E-state index in [2.05, 4.69) is 5.92 Å². The summed E-state index contributed by atoms with van der Waals surface area (Å²) in [4.78, 5) is 1.95. The summed E-state index contributed by atoms with van der Waals surface area (Å²) >= 11 is 0. The van der Waals surface area contributed by atoms with Gasteiger partial charge >= 0.3 is 0 Å². The fraction of sp³-hybridized carbons (Fsp3) is 0.538. The maximum atomic E-state index is 9.74. The van der Waals surface area contributed by atoms with E-state index in [4.69, 9.17) is 15.6 Å². The molecule has 0 saturated carbocycles. The van der Waals surface area contributed by atoms with Crippen LogP contribution < -0.4 is 0 Å². The Morgan fingerprint density at radius 3 is 3.06 bits per heavy atom. The van der Waals surface area contributed by atoms with Gasteiger partial charge in [-0.2, -0.15) is 0 Å². The molecule has 1 N–H and O–H groups in total. The lowest BCUT2D eigenvalue weighted by Crippen LogP contribution is -2.34. The Labute approximate surface area is 102 Å². The Morgan fingerprint density at radius 2 is 2.47 bits per heavy atom. The molecule has 1 rings (SSSR count). The average molecular weight is 237 g/mol. The third-order valence-electron chi connectivity index (χ3n) is 2.26. The Bertz CT molecular complexity index is 329. The molecule has 0 aliphatic carbocycles. The van der Waals surface area contributed by atoms with Crippen LogP contribution in [0.4, 0.5) is 0 Å². The van der Waals surface area contributed by atoms with E-state index in [1.54, 1.807) is 6.26 Å². The van der Waals surface area contributed by atoms with Gasteiger partial charge in [-0.1, -0.05) is 5.92 Å². The van der Waals surface area contributed by atoms with Gasteiger partial charge in [-0.3, -0.25) is 4.90 Å². The molecule has 17 heavy (non-hydrogen) atoms. The van der Waals surface area contributed by atoms with Crippen molar-refractivity contribution in [2.45, 2.75) is 19.6 Å². The molecule has 1 unspecified atom stereocenters. The van der Waals surface area contributed by atoms with Crippen LogP contribution in [0.3, 0.4) is 0 Å². The highest BCUT2D eigenvalue weighted by atomic mass is 16.5. The maximum absolute atomic E-state index is 9.74. The number of ether oxygens (including phenoxy) is 1. The fourth-order valence-corrected chi connectivity index (χ4v) is 1.54. The summed E-state index contributed by atoms with van der Waals surface area (Å²) < 4.78 is 10.4. The van der Waals surface area contributed by atoms with Gasteiger partial charge in [0.15, 0.2) is 0 Å². The van der Waals surface area contributed by atoms with Crippen LogP contribution in [0.15, 0.2) is 22.8 Å². The molecule has 0 bridgehead atoms. The normalized spacial score (nSPS) is 12.6. The molecule has 0 saturated heterocycles. The van der Waals surface area contributed by atoms with Crippen LogP contribution in [0.5, 0.6) is 0 Å². The van der Waals surface area contributed by atoms with E-state index >= 15 is 0 Å². The largest absolute Gasteiger partial charge is 0.468 e. The molecule has 0 fully saturated rings. The second kappa shape index (κ2) is 7.91. The van der Waals surface area contributed by atoms with E-state index in [1.165, 1.54) is 0 Å². The van der Waals surface area contributed by atoms with Crippen molar-refractivity contribution in [2.24, 2.45) is 0 Å². The minimum Gasteiger partial charge on any atom is -0.468 e. The second-order valence-electron chi connectivity index (χ2n) is 3.77. The number of furan rings is 1. The molecule has 1 heterocycles. The minimum atomic E-state index is -0.529. The van der Waals surface area contributed by atoms with Crippen molar-refractivity contribution in [3.8, 4) is 12.3 Å². The van der Waals surface area contributed by atoms with Gasteiger partial charge in [-0.05, 0) is 19.1 Å². The van der Waals surface area contributed by atoms with Gasteiger partial charge in [0.25, 0.3) is 0 Å². The smallest absolute Gasteiger partial charge is 0.117 e. The third-order valence-corrected chi connectivity index (χ3v) is 2.26. The summed E-state index contributed by atoms with van der Waals surface area (Å²) in [5.74, 6) is 3.41. The van der Waals surface area contributed by atoms with Gasteiger partial charge in [0.1, 0.15) is 5.76 Å². The van der Waals surface area contributed by atoms with Crippen molar-refractivity contribution in [1.29, 1.82) is 0 Å². The number of nitrogens with zero attached hydrogens (tertiary/aromatic N) is 1. The van der Waals surface area contributed by atoms with Gasteiger partial charge in [0.2, 0.25) is 0 Å². The molecule has 4 heteroatoms. The molecule has 0 aromatic carbocycles. The Kier molecular flexibility index (Phi) is 6.41. The lowest BCUT2D eigenvalue weighted by molar-refractivity contribution is 0.0211. The minimum absolute atomic E-state index is 0.329. The molecule has 1 atom stereocenters. The Hall–Kier alpha value is -1.28. The van der Waals surface area contributed by atoms with Crippen LogP contribution in [0.2, 0.25) is 0 Å². The van der Waals surface area contributed by atoms with Crippen molar-refractivity contribution >= 4 is 0 Å². The number of hydrogen-bond acceptors (Lipinski definition) is 4. The highest BCUT2D eigenvalue weighted by Gasteiger charge is 2.12. The fourth-order valence-electron chi connectivity index (χ4n) is 1.54. The van der Waals surface area contributed by atoms with Crippen LogP contribution in [0.25, 0.3) is 0 Å². The predicted molar refractivity (Wildman–Crippen MR) is 65.3 cm³/mol. The van der Waals surface area contributed by atoms with Gasteiger partial charge in [0.05, 0.1) is 32.1 Å². The summed E-state index contributed by atoms with van der Waals surface area (Å²) in [5, 5.41) is 9.74. The monoisotopic (exact) mass is 237 g/mol. The zero-order chi connectivity index (χ0) is 12.5. The zero-order valence-corrected chi connectivity index (χ0v) is 10.1. The molecule has 1 aromatic heterocycles. The van der Waals surface area contributed by atoms with Crippen LogP contribution in [0, 0.1) is 12.3 Å². The van der Waals surface area contributed by atoms with Gasteiger partial charge < -0.3 is 14.3 Å². The number of hydrogen-bond donors (Lipinski definition) is 1. The van der Waals surface area contributed by atoms with E-state index in [0.717, 1.165) is 5.76 Å². The van der Waals surface area contributed by atoms with Crippen molar-refractivity contribution in [1.82, 2.24) is 4.90 Å². The molecule has 0 aliphatic rings. The molecule has 0 spiro atoms. The molecule has 1 aromatic rings. The van der Waals surface area contributed by atoms with Crippen molar-refractivity contribution in [3.05, 3.63) is 24.2 Å². The second-order valence-corrected chi connectivity index (χ2v) is 3.77. The van der Waals surface area contributed by atoms with Gasteiger partial charge in [-0.15, -0.1) is 6.42 Å². The van der Waals surface area contributed by atoms with Gasteiger partial charge in [-0.25, -0.2) is 0 Å². The SMILES string of the molecule is C#CCN(Cc1ccco1)CC(O)COCC. The highest BCUT2D eigenvalue weighted by Crippen LogP contribution is 2.05. The molecule has 0 radical (unpaired) electrons. The summed E-state index contributed by atoms with van der Waals surface area (Å²) in [6, 6.07) is 3.72. The van der Waals surface area contributed by atoms with Crippen molar-refractivity contribution in [3.63, 3.8) is 0 Å². The molecule has 94 valence electrons. The van der Waals surface area contributed by atoms with E-state index in [1.807, 2.05) is 24.0 Å². The van der Waals surface area contributed by atoms with Crippen LogP contribution >= 0.6 is 0 Å². The quantitative estimate of drug-likeness (QED) is 0.688. The zero-order valence-electron chi connectivity index (χ0n) is 10.1. The summed E-state index contributed by atoms with van der Waals surface area (Å²) in [7, 11) is 0. The maximum Gasteiger partial charge on any atom is 0.117 e. The first-order chi connectivity index (χ1) is 8.26. The van der Waals surface area contributed by atoms with Crippen LogP contribution in [0.1, 0.15) is 12.7 Å². The molecular formula is C13H19NO3. The van der Waals surface area contributed by atoms with E-state index in [0.29, 0.717) is 32.8 Å². The number of aliphatic hydroxyl groups is 1. The first-order valence-electron chi connectivity index (χ1n) is 5.70. The summed E-state index contributed by atoms with van der Waals surface area (Å²) in [5.41, 5.74) is 0. The van der Waals surface area contributed by atoms with Crippen molar-refractivity contribution < 1.29 is 14.3 Å². The lowest BCUT2D eigenvalue weighted by atomic mass is 10.3. The van der Waals surface area contributed by atoms with E-state index in [-0.39, 0.29) is 0 Å². The highest BCUT2D eigenvalue weighted by molar-refractivity contribution is 4.99. The third kappa shape index (κ3) is 5.55. The molecule has 0 amide bonds. The summed E-state index contributed by atoms with van der Waals surface area (Å²) in [6.07, 6.45) is 6.39. The first-order valence-corrected chi connectivity index (χ1v) is 5.70. The predicted octanol–water partition coefficient (Wildman–Crippen LogP) is 1.11. The number of terminal acetylenes is 1. The van der Waals surface area contributed by atoms with Crippen LogP contribution in [-0.4, -0.2) is 42.4 Å². The standard InChI is InChI=1S/C13H19NO3/c1-3-7-14(9-12(15)11-16-4-2)10-13-6-5-8-17-13/h1,5-6,8,12,15H,4,7,9-11H2,2H3. The first kappa shape index (κ1) is 13.8. The van der Waals surface area contributed by atoms with E-state index < -0.39 is 6.10 Å². The molecule has 4 nitrogen and oxygen atoms in total. The topological polar surface area (TPSA) is 45.8 Å². The lowest BCUT2D eigenvalue weighted by Gasteiger charge is -2.21. The van der Waals surface area contributed by atoms with E-state index in [9.17, 15) is 5.11 Å². The molecule has 0 aliphatic heterocycles. The number of aliphatic hydroxyl groups excluding tert-OH is 1. The van der Waals surface area contributed by atoms with Crippen LogP contribution in [-0.2, 0) is 11.3 Å². The Morgan fingerprint density at radius 1 is 1.65 bits per heavy atom. The number of rotatable bonds is 8. The summed E-state index contributed by atoms with van der Waals surface area (Å²) in [6.45, 7) is 4.38. The molecular weight excluding hydrogens is 218 g/mol. The average Bonchev–Trinajstić information content (AvgIpc) is 2.79. The van der Waals surface area contributed by atoms with Gasteiger partial charge in [0, 0.05) is 13.2 Å². The van der Waals surface area contributed by atoms with Crippen molar-refractivity contribution in [2.75, 3.05) is 26.3 Å². The Balaban J connectivity index is 2.40.